The number of rotatable bonds is 4. The number of halogens is 3. The van der Waals surface area contributed by atoms with Crippen molar-refractivity contribution in [2.45, 2.75) is 0 Å². The SMILES string of the molecule is COc1ccccc1/C=N\NC(=O)c1[nH+]c(Cl)c(Cl)c(N)c1Cl. The lowest BCUT2D eigenvalue weighted by Crippen LogP contribution is -2.28. The predicted molar refractivity (Wildman–Crippen MR) is 90.5 cm³/mol. The lowest BCUT2D eigenvalue weighted by atomic mass is 10.2. The molecule has 4 N–H and O–H groups in total. The summed E-state index contributed by atoms with van der Waals surface area (Å²) in [7, 11) is 1.54. The van der Waals surface area contributed by atoms with E-state index in [0.717, 1.165) is 0 Å². The number of H-pyrrole nitrogens is 1. The van der Waals surface area contributed by atoms with Gasteiger partial charge in [-0.05, 0) is 23.7 Å². The molecule has 23 heavy (non-hydrogen) atoms. The Kier molecular flexibility index (Phi) is 5.65. The van der Waals surface area contributed by atoms with E-state index in [2.05, 4.69) is 15.5 Å². The second-order valence-electron chi connectivity index (χ2n) is 4.30. The van der Waals surface area contributed by atoms with E-state index in [1.54, 1.807) is 19.2 Å². The van der Waals surface area contributed by atoms with Gasteiger partial charge in [-0.3, -0.25) is 4.79 Å². The number of nitrogens with two attached hydrogens (primary N) is 1. The molecule has 0 fully saturated rings. The zero-order valence-electron chi connectivity index (χ0n) is 11.9. The van der Waals surface area contributed by atoms with Crippen LogP contribution in [0.25, 0.3) is 0 Å². The molecule has 9 heteroatoms. The summed E-state index contributed by atoms with van der Waals surface area (Å²) in [5, 5.41) is 3.87. The Balaban J connectivity index is 2.19. The van der Waals surface area contributed by atoms with Crippen molar-refractivity contribution in [1.29, 1.82) is 0 Å². The monoisotopic (exact) mass is 373 g/mol. The number of nitrogens with zero attached hydrogens (tertiary/aromatic N) is 1. The number of aromatic amines is 1. The Morgan fingerprint density at radius 1 is 1.30 bits per heavy atom. The Bertz CT molecular complexity index is 781. The van der Waals surface area contributed by atoms with Crippen LogP contribution in [-0.2, 0) is 0 Å². The van der Waals surface area contributed by atoms with E-state index >= 15 is 0 Å². The first-order valence-corrected chi connectivity index (χ1v) is 7.40. The Morgan fingerprint density at radius 2 is 2.00 bits per heavy atom. The second-order valence-corrected chi connectivity index (χ2v) is 5.43. The molecule has 2 aromatic rings. The van der Waals surface area contributed by atoms with Crippen LogP contribution in [0.4, 0.5) is 5.69 Å². The van der Waals surface area contributed by atoms with Crippen molar-refractivity contribution in [2.75, 3.05) is 12.8 Å². The van der Waals surface area contributed by atoms with Crippen molar-refractivity contribution in [3.8, 4) is 5.75 Å². The third-order valence-electron chi connectivity index (χ3n) is 2.86. The summed E-state index contributed by atoms with van der Waals surface area (Å²) in [6.07, 6.45) is 1.44. The third-order valence-corrected chi connectivity index (χ3v) is 4.02. The second kappa shape index (κ2) is 7.50. The molecule has 0 aliphatic heterocycles. The highest BCUT2D eigenvalue weighted by Gasteiger charge is 2.25. The molecule has 0 bridgehead atoms. The van der Waals surface area contributed by atoms with E-state index in [1.807, 2.05) is 12.1 Å². The normalized spacial score (nSPS) is 10.8. The number of carbonyl (C=O) groups excluding carboxylic acids is 1. The van der Waals surface area contributed by atoms with Crippen LogP contribution in [0, 0.1) is 0 Å². The van der Waals surface area contributed by atoms with Gasteiger partial charge in [0.2, 0.25) is 0 Å². The van der Waals surface area contributed by atoms with Crippen LogP contribution >= 0.6 is 34.8 Å². The molecular formula is C14H12Cl3N4O2+. The standard InChI is InChI=1S/C14H11Cl3N4O2/c1-23-8-5-3-2-4-7(8)6-19-21-14(22)12-9(15)11(18)10(16)13(17)20-12/h2-6H,1H3,(H2,18,20)(H,21,22)/p+1/b19-6-. The molecule has 0 atom stereocenters. The minimum absolute atomic E-state index is 0.00687. The molecule has 2 rings (SSSR count). The average molecular weight is 375 g/mol. The molecule has 1 heterocycles. The number of hydrogen-bond donors (Lipinski definition) is 2. The molecule has 1 aromatic carbocycles. The lowest BCUT2D eigenvalue weighted by molar-refractivity contribution is -0.379. The molecule has 0 aliphatic carbocycles. The third kappa shape index (κ3) is 3.85. The first-order chi connectivity index (χ1) is 11.0. The number of nitrogen functional groups attached to an aromatic ring is 1. The number of benzene rings is 1. The number of methoxy groups -OCH3 is 1. The van der Waals surface area contributed by atoms with Gasteiger partial charge in [0.05, 0.1) is 19.0 Å². The maximum Gasteiger partial charge on any atom is 0.337 e. The molecule has 1 aromatic heterocycles. The van der Waals surface area contributed by atoms with Gasteiger partial charge in [-0.25, -0.2) is 5.43 Å². The fourth-order valence-corrected chi connectivity index (χ4v) is 2.33. The average Bonchev–Trinajstić information content (AvgIpc) is 2.56. The maximum absolute atomic E-state index is 12.1. The van der Waals surface area contributed by atoms with Gasteiger partial charge in [0, 0.05) is 5.56 Å². The van der Waals surface area contributed by atoms with E-state index in [4.69, 9.17) is 45.3 Å². The smallest absolute Gasteiger partial charge is 0.337 e. The van der Waals surface area contributed by atoms with Crippen molar-refractivity contribution >= 4 is 52.6 Å². The number of para-hydroxylation sites is 1. The summed E-state index contributed by atoms with van der Waals surface area (Å²) < 4.78 is 5.17. The first-order valence-electron chi connectivity index (χ1n) is 6.27. The first kappa shape index (κ1) is 17.3. The minimum atomic E-state index is -0.619. The molecule has 1 amide bonds. The molecule has 0 saturated carbocycles. The summed E-state index contributed by atoms with van der Waals surface area (Å²) >= 11 is 17.6. The van der Waals surface area contributed by atoms with Gasteiger partial charge in [0.25, 0.3) is 10.8 Å². The van der Waals surface area contributed by atoms with Crippen LogP contribution in [0.5, 0.6) is 5.75 Å². The van der Waals surface area contributed by atoms with Crippen LogP contribution < -0.4 is 20.9 Å². The summed E-state index contributed by atoms with van der Waals surface area (Å²) in [6, 6.07) is 7.19. The number of hydrazone groups is 1. The topological polar surface area (TPSA) is 90.8 Å². The minimum Gasteiger partial charge on any atom is -0.496 e. The highest BCUT2D eigenvalue weighted by atomic mass is 35.5. The highest BCUT2D eigenvalue weighted by molar-refractivity contribution is 6.45. The molecule has 0 unspecified atom stereocenters. The fourth-order valence-electron chi connectivity index (χ4n) is 1.71. The Hall–Kier alpha value is -2.02. The Labute approximate surface area is 147 Å². The molecule has 6 nitrogen and oxygen atoms in total. The van der Waals surface area contributed by atoms with Gasteiger partial charge in [-0.15, -0.1) is 0 Å². The number of pyridine rings is 1. The number of carbonyl (C=O) groups is 1. The quantitative estimate of drug-likeness (QED) is 0.490. The summed E-state index contributed by atoms with van der Waals surface area (Å²) in [5.74, 6) is 0.000269. The summed E-state index contributed by atoms with van der Waals surface area (Å²) in [5.41, 5.74) is 8.65. The van der Waals surface area contributed by atoms with Gasteiger partial charge in [0.1, 0.15) is 15.8 Å². The molecule has 0 radical (unpaired) electrons. The number of anilines is 1. The number of nitrogens with one attached hydrogen (secondary N) is 2. The number of hydrogen-bond acceptors (Lipinski definition) is 4. The predicted octanol–water partition coefficient (Wildman–Crippen LogP) is 2.82. The van der Waals surface area contributed by atoms with Crippen molar-refractivity contribution in [3.05, 3.63) is 50.7 Å². The van der Waals surface area contributed by atoms with E-state index in [1.165, 1.54) is 6.21 Å². The largest absolute Gasteiger partial charge is 0.496 e. The van der Waals surface area contributed by atoms with Crippen LogP contribution in [0.1, 0.15) is 16.1 Å². The van der Waals surface area contributed by atoms with Crippen LogP contribution in [0.2, 0.25) is 15.2 Å². The molecule has 120 valence electrons. The molecule has 0 spiro atoms. The zero-order valence-corrected chi connectivity index (χ0v) is 14.1. The lowest BCUT2D eigenvalue weighted by Gasteiger charge is -2.04. The van der Waals surface area contributed by atoms with Crippen LogP contribution in [-0.4, -0.2) is 19.2 Å². The van der Waals surface area contributed by atoms with E-state index < -0.39 is 5.91 Å². The van der Waals surface area contributed by atoms with Gasteiger partial charge >= 0.3 is 5.91 Å². The van der Waals surface area contributed by atoms with Crippen molar-refractivity contribution in [3.63, 3.8) is 0 Å². The van der Waals surface area contributed by atoms with Crippen molar-refractivity contribution in [2.24, 2.45) is 5.10 Å². The van der Waals surface area contributed by atoms with Gasteiger partial charge in [0.15, 0.2) is 0 Å². The maximum atomic E-state index is 12.1. The Morgan fingerprint density at radius 3 is 2.70 bits per heavy atom. The van der Waals surface area contributed by atoms with Gasteiger partial charge in [-0.2, -0.15) is 10.1 Å². The summed E-state index contributed by atoms with van der Waals surface area (Å²) in [4.78, 5) is 14.7. The van der Waals surface area contributed by atoms with Gasteiger partial charge < -0.3 is 10.5 Å². The number of amides is 1. The van der Waals surface area contributed by atoms with Crippen molar-refractivity contribution in [1.82, 2.24) is 5.43 Å². The fraction of sp³-hybridized carbons (Fsp3) is 0.0714. The van der Waals surface area contributed by atoms with Crippen LogP contribution in [0.3, 0.4) is 0 Å². The van der Waals surface area contributed by atoms with E-state index in [9.17, 15) is 4.79 Å². The van der Waals surface area contributed by atoms with E-state index in [0.29, 0.717) is 11.3 Å². The molecular weight excluding hydrogens is 363 g/mol. The van der Waals surface area contributed by atoms with Gasteiger partial charge in [-0.1, -0.05) is 35.3 Å². The van der Waals surface area contributed by atoms with Crippen LogP contribution in [0.15, 0.2) is 29.4 Å². The zero-order chi connectivity index (χ0) is 17.0. The van der Waals surface area contributed by atoms with Crippen molar-refractivity contribution < 1.29 is 14.5 Å². The molecule has 0 saturated heterocycles. The summed E-state index contributed by atoms with van der Waals surface area (Å²) in [6.45, 7) is 0. The highest BCUT2D eigenvalue weighted by Crippen LogP contribution is 2.31. The molecule has 0 aliphatic rings. The van der Waals surface area contributed by atoms with E-state index in [-0.39, 0.29) is 26.6 Å². The number of aromatic nitrogens is 1. The number of ether oxygens (including phenoxy) is 1.